The van der Waals surface area contributed by atoms with Crippen LogP contribution in [0.4, 0.5) is 5.69 Å². The highest BCUT2D eigenvalue weighted by molar-refractivity contribution is 6.10. The number of ketones is 1. The van der Waals surface area contributed by atoms with Crippen molar-refractivity contribution in [1.29, 1.82) is 0 Å². The van der Waals surface area contributed by atoms with Crippen molar-refractivity contribution >= 4 is 11.5 Å². The number of nitrogens with zero attached hydrogens (tertiary/aromatic N) is 2. The third kappa shape index (κ3) is 3.11. The Kier molecular flexibility index (Phi) is 4.63. The summed E-state index contributed by atoms with van der Waals surface area (Å²) in [5, 5.41) is 11.7. The molecule has 0 fully saturated rings. The van der Waals surface area contributed by atoms with Crippen molar-refractivity contribution in [3.63, 3.8) is 0 Å². The molecule has 130 valence electrons. The fourth-order valence-electron chi connectivity index (χ4n) is 3.00. The molecule has 0 radical (unpaired) electrons. The summed E-state index contributed by atoms with van der Waals surface area (Å²) in [6.45, 7) is 3.75. The Morgan fingerprint density at radius 2 is 1.62 bits per heavy atom. The number of rotatable bonds is 4. The molecule has 0 aliphatic carbocycles. The molecule has 3 rings (SSSR count). The summed E-state index contributed by atoms with van der Waals surface area (Å²) < 4.78 is 1.72. The average Bonchev–Trinajstić information content (AvgIpc) is 2.64. The summed E-state index contributed by atoms with van der Waals surface area (Å²) in [6, 6.07) is 17.8. The van der Waals surface area contributed by atoms with Gasteiger partial charge in [-0.25, -0.2) is 0 Å². The van der Waals surface area contributed by atoms with Crippen LogP contribution >= 0.6 is 0 Å². The summed E-state index contributed by atoms with van der Waals surface area (Å²) in [7, 11) is 1.75. The van der Waals surface area contributed by atoms with Crippen LogP contribution in [0.15, 0.2) is 60.7 Å². The molecule has 0 spiro atoms. The SMILES string of the molecule is Cc1ccc(C(=O)c2cc([N+](=O)[O-])c(-c3ccccc3)[n+](C)c2C)cc1. The molecule has 0 amide bonds. The topological polar surface area (TPSA) is 64.1 Å². The van der Waals surface area contributed by atoms with Crippen molar-refractivity contribution in [1.82, 2.24) is 0 Å². The first-order chi connectivity index (χ1) is 12.4. The molecule has 5 heteroatoms. The van der Waals surface area contributed by atoms with Gasteiger partial charge in [0.25, 0.3) is 5.69 Å². The summed E-state index contributed by atoms with van der Waals surface area (Å²) in [4.78, 5) is 24.2. The van der Waals surface area contributed by atoms with E-state index in [-0.39, 0.29) is 11.5 Å². The van der Waals surface area contributed by atoms with E-state index < -0.39 is 4.92 Å². The minimum absolute atomic E-state index is 0.0836. The third-order valence-electron chi connectivity index (χ3n) is 4.55. The molecule has 0 saturated heterocycles. The smallest absolute Gasteiger partial charge is 0.288 e. The predicted molar refractivity (Wildman–Crippen MR) is 99.1 cm³/mol. The van der Waals surface area contributed by atoms with Crippen LogP contribution in [0.2, 0.25) is 0 Å². The highest BCUT2D eigenvalue weighted by Crippen LogP contribution is 2.29. The number of pyridine rings is 1. The van der Waals surface area contributed by atoms with Gasteiger partial charge in [-0.2, -0.15) is 4.57 Å². The molecule has 1 aromatic heterocycles. The van der Waals surface area contributed by atoms with Crippen molar-refractivity contribution in [2.75, 3.05) is 0 Å². The maximum absolute atomic E-state index is 12.9. The zero-order valence-corrected chi connectivity index (χ0v) is 14.9. The number of carbonyl (C=O) groups excluding carboxylic acids is 1. The Labute approximate surface area is 151 Å². The summed E-state index contributed by atoms with van der Waals surface area (Å²) in [5.41, 5.74) is 3.71. The van der Waals surface area contributed by atoms with Gasteiger partial charge in [-0.05, 0) is 19.1 Å². The Bertz CT molecular complexity index is 994. The molecule has 0 saturated carbocycles. The van der Waals surface area contributed by atoms with Gasteiger partial charge < -0.3 is 0 Å². The Morgan fingerprint density at radius 3 is 2.19 bits per heavy atom. The first kappa shape index (κ1) is 17.5. The van der Waals surface area contributed by atoms with Gasteiger partial charge in [0, 0.05) is 18.6 Å². The van der Waals surface area contributed by atoms with Crippen LogP contribution in [-0.4, -0.2) is 10.7 Å². The Hall–Kier alpha value is -3.34. The predicted octanol–water partition coefficient (Wildman–Crippen LogP) is 3.93. The minimum Gasteiger partial charge on any atom is -0.288 e. The van der Waals surface area contributed by atoms with Crippen molar-refractivity contribution in [2.24, 2.45) is 7.05 Å². The fourth-order valence-corrected chi connectivity index (χ4v) is 3.00. The second kappa shape index (κ2) is 6.88. The first-order valence-corrected chi connectivity index (χ1v) is 8.25. The zero-order chi connectivity index (χ0) is 18.8. The molecule has 2 aromatic carbocycles. The van der Waals surface area contributed by atoms with Crippen LogP contribution in [0.1, 0.15) is 27.2 Å². The summed E-state index contributed by atoms with van der Waals surface area (Å²) >= 11 is 0. The average molecular weight is 347 g/mol. The van der Waals surface area contributed by atoms with Crippen LogP contribution in [-0.2, 0) is 7.05 Å². The largest absolute Gasteiger partial charge is 0.341 e. The maximum Gasteiger partial charge on any atom is 0.341 e. The van der Waals surface area contributed by atoms with Gasteiger partial charge in [-0.1, -0.05) is 48.0 Å². The lowest BCUT2D eigenvalue weighted by Crippen LogP contribution is -2.37. The normalized spacial score (nSPS) is 10.6. The molecule has 0 atom stereocenters. The van der Waals surface area contributed by atoms with Gasteiger partial charge >= 0.3 is 5.69 Å². The molecule has 0 N–H and O–H groups in total. The number of carbonyl (C=O) groups is 1. The van der Waals surface area contributed by atoms with E-state index in [2.05, 4.69) is 0 Å². The maximum atomic E-state index is 12.9. The molecular formula is C21H19N2O3+. The number of benzene rings is 2. The van der Waals surface area contributed by atoms with Crippen LogP contribution in [0.25, 0.3) is 11.3 Å². The van der Waals surface area contributed by atoms with E-state index in [9.17, 15) is 14.9 Å². The molecule has 1 heterocycles. The Morgan fingerprint density at radius 1 is 1.00 bits per heavy atom. The molecule has 3 aromatic rings. The van der Waals surface area contributed by atoms with Gasteiger partial charge in [-0.3, -0.25) is 14.9 Å². The van der Waals surface area contributed by atoms with Crippen molar-refractivity contribution in [3.05, 3.63) is 93.2 Å². The first-order valence-electron chi connectivity index (χ1n) is 8.25. The van der Waals surface area contributed by atoms with Crippen molar-refractivity contribution in [2.45, 2.75) is 13.8 Å². The molecule has 0 bridgehead atoms. The molecule has 0 unspecified atom stereocenters. The van der Waals surface area contributed by atoms with Gasteiger partial charge in [0.1, 0.15) is 7.05 Å². The number of hydrogen-bond acceptors (Lipinski definition) is 3. The molecular weight excluding hydrogens is 328 g/mol. The van der Waals surface area contributed by atoms with E-state index in [0.717, 1.165) is 11.1 Å². The minimum atomic E-state index is -0.437. The second-order valence-corrected chi connectivity index (χ2v) is 6.25. The number of aromatic nitrogens is 1. The molecule has 0 aliphatic rings. The third-order valence-corrected chi connectivity index (χ3v) is 4.55. The number of nitro groups is 1. The lowest BCUT2D eigenvalue weighted by Gasteiger charge is -2.09. The zero-order valence-electron chi connectivity index (χ0n) is 14.9. The standard InChI is InChI=1S/C21H19N2O3/c1-14-9-11-17(12-10-14)21(24)18-13-19(23(25)26)20(22(3)15(18)2)16-7-5-4-6-8-16/h4-13H,1-3H3/q+1. The van der Waals surface area contributed by atoms with Gasteiger partial charge in [-0.15, -0.1) is 0 Å². The lowest BCUT2D eigenvalue weighted by atomic mass is 9.98. The van der Waals surface area contributed by atoms with Crippen molar-refractivity contribution < 1.29 is 14.3 Å². The van der Waals surface area contributed by atoms with Crippen LogP contribution < -0.4 is 4.57 Å². The summed E-state index contributed by atoms with van der Waals surface area (Å²) in [5.74, 6) is -0.221. The quantitative estimate of drug-likeness (QED) is 0.311. The van der Waals surface area contributed by atoms with Crippen LogP contribution in [0.5, 0.6) is 0 Å². The monoisotopic (exact) mass is 347 g/mol. The van der Waals surface area contributed by atoms with E-state index >= 15 is 0 Å². The molecule has 26 heavy (non-hydrogen) atoms. The van der Waals surface area contributed by atoms with E-state index in [4.69, 9.17) is 0 Å². The van der Waals surface area contributed by atoms with E-state index in [0.29, 0.717) is 22.5 Å². The van der Waals surface area contributed by atoms with E-state index in [1.165, 1.54) is 6.07 Å². The number of hydrogen-bond donors (Lipinski definition) is 0. The van der Waals surface area contributed by atoms with E-state index in [1.807, 2.05) is 49.4 Å². The van der Waals surface area contributed by atoms with Gasteiger partial charge in [0.05, 0.1) is 16.1 Å². The van der Waals surface area contributed by atoms with Crippen molar-refractivity contribution in [3.8, 4) is 11.3 Å². The van der Waals surface area contributed by atoms with E-state index in [1.54, 1.807) is 30.7 Å². The van der Waals surface area contributed by atoms with Gasteiger partial charge in [0.15, 0.2) is 11.5 Å². The van der Waals surface area contributed by atoms with Crippen LogP contribution in [0, 0.1) is 24.0 Å². The second-order valence-electron chi connectivity index (χ2n) is 6.25. The molecule has 0 aliphatic heterocycles. The highest BCUT2D eigenvalue weighted by atomic mass is 16.6. The fraction of sp³-hybridized carbons (Fsp3) is 0.143. The van der Waals surface area contributed by atoms with Crippen LogP contribution in [0.3, 0.4) is 0 Å². The number of aryl methyl sites for hydroxylation is 1. The summed E-state index contributed by atoms with van der Waals surface area (Å²) in [6.07, 6.45) is 0. The highest BCUT2D eigenvalue weighted by Gasteiger charge is 2.31. The Balaban J connectivity index is 2.21. The lowest BCUT2D eigenvalue weighted by molar-refractivity contribution is -0.669. The molecule has 5 nitrogen and oxygen atoms in total. The van der Waals surface area contributed by atoms with Gasteiger partial charge in [0.2, 0.25) is 0 Å².